The van der Waals surface area contributed by atoms with Gasteiger partial charge in [0, 0.05) is 5.56 Å². The highest BCUT2D eigenvalue weighted by Gasteiger charge is 2.09. The summed E-state index contributed by atoms with van der Waals surface area (Å²) in [5.74, 6) is 0.198. The molecule has 3 heteroatoms. The topological polar surface area (TPSA) is 9.23 Å². The molecule has 0 unspecified atom stereocenters. The van der Waals surface area contributed by atoms with Gasteiger partial charge in [-0.1, -0.05) is 48.5 Å². The number of para-hydroxylation sites is 1. The van der Waals surface area contributed by atoms with E-state index in [4.69, 9.17) is 0 Å². The molecule has 0 saturated heterocycles. The monoisotopic (exact) mass is 220 g/mol. The second-order valence-electron chi connectivity index (χ2n) is 3.24. The van der Waals surface area contributed by atoms with Crippen LogP contribution in [0.15, 0.2) is 54.6 Å². The average molecular weight is 220 g/mol. The highest BCUT2D eigenvalue weighted by atomic mass is 19.3. The van der Waals surface area contributed by atoms with E-state index >= 15 is 0 Å². The van der Waals surface area contributed by atoms with Gasteiger partial charge in [0.05, 0.1) is 0 Å². The summed E-state index contributed by atoms with van der Waals surface area (Å²) in [7, 11) is 0. The fourth-order valence-electron chi connectivity index (χ4n) is 1.52. The largest absolute Gasteiger partial charge is 0.434 e. The summed E-state index contributed by atoms with van der Waals surface area (Å²) >= 11 is 0. The van der Waals surface area contributed by atoms with E-state index in [0.717, 1.165) is 5.56 Å². The summed E-state index contributed by atoms with van der Waals surface area (Å²) < 4.78 is 28.9. The van der Waals surface area contributed by atoms with Gasteiger partial charge in [-0.2, -0.15) is 8.78 Å². The first-order chi connectivity index (χ1) is 7.77. The number of benzene rings is 2. The Labute approximate surface area is 92.3 Å². The van der Waals surface area contributed by atoms with Crippen molar-refractivity contribution in [1.82, 2.24) is 0 Å². The minimum absolute atomic E-state index is 0.198. The van der Waals surface area contributed by atoms with Crippen molar-refractivity contribution >= 4 is 0 Å². The molecule has 82 valence electrons. The minimum atomic E-state index is -2.80. The maximum absolute atomic E-state index is 12.2. The van der Waals surface area contributed by atoms with Crippen LogP contribution in [-0.2, 0) is 0 Å². The van der Waals surface area contributed by atoms with Gasteiger partial charge < -0.3 is 4.74 Å². The summed E-state index contributed by atoms with van der Waals surface area (Å²) in [6, 6.07) is 16.1. The molecule has 2 aromatic carbocycles. The van der Waals surface area contributed by atoms with E-state index in [2.05, 4.69) is 4.74 Å². The van der Waals surface area contributed by atoms with Crippen LogP contribution in [0.4, 0.5) is 8.78 Å². The van der Waals surface area contributed by atoms with Gasteiger partial charge in [0.1, 0.15) is 5.75 Å². The van der Waals surface area contributed by atoms with Crippen molar-refractivity contribution in [2.75, 3.05) is 0 Å². The Balaban J connectivity index is 2.41. The molecule has 0 aliphatic rings. The van der Waals surface area contributed by atoms with E-state index < -0.39 is 6.61 Å². The quantitative estimate of drug-likeness (QED) is 0.760. The number of hydrogen-bond donors (Lipinski definition) is 0. The molecule has 0 aromatic heterocycles. The van der Waals surface area contributed by atoms with E-state index in [1.165, 1.54) is 6.07 Å². The molecule has 0 aliphatic heterocycles. The van der Waals surface area contributed by atoms with Crippen LogP contribution >= 0.6 is 0 Å². The zero-order chi connectivity index (χ0) is 11.4. The highest BCUT2D eigenvalue weighted by Crippen LogP contribution is 2.30. The third-order valence-electron chi connectivity index (χ3n) is 2.19. The molecule has 16 heavy (non-hydrogen) atoms. The molecular formula is C13H10F2O. The van der Waals surface area contributed by atoms with E-state index in [1.807, 2.05) is 30.3 Å². The number of ether oxygens (including phenoxy) is 1. The van der Waals surface area contributed by atoms with Crippen molar-refractivity contribution in [3.8, 4) is 16.9 Å². The van der Waals surface area contributed by atoms with E-state index in [0.29, 0.717) is 5.56 Å². The van der Waals surface area contributed by atoms with Crippen molar-refractivity contribution in [3.63, 3.8) is 0 Å². The zero-order valence-electron chi connectivity index (χ0n) is 8.44. The van der Waals surface area contributed by atoms with Crippen molar-refractivity contribution in [3.05, 3.63) is 54.6 Å². The Hall–Kier alpha value is -1.90. The molecule has 0 bridgehead atoms. The molecule has 0 radical (unpaired) electrons. The third kappa shape index (κ3) is 2.37. The average Bonchev–Trinajstić information content (AvgIpc) is 2.30. The van der Waals surface area contributed by atoms with Gasteiger partial charge in [0.25, 0.3) is 0 Å². The van der Waals surface area contributed by atoms with Gasteiger partial charge in [0.2, 0.25) is 0 Å². The molecule has 0 aliphatic carbocycles. The molecular weight excluding hydrogens is 210 g/mol. The summed E-state index contributed by atoms with van der Waals surface area (Å²) in [6.45, 7) is -2.80. The van der Waals surface area contributed by atoms with Gasteiger partial charge in [-0.25, -0.2) is 0 Å². The van der Waals surface area contributed by atoms with Gasteiger partial charge in [-0.15, -0.1) is 0 Å². The number of alkyl halides is 2. The Morgan fingerprint density at radius 3 is 2.12 bits per heavy atom. The maximum Gasteiger partial charge on any atom is 0.387 e. The molecule has 0 heterocycles. The van der Waals surface area contributed by atoms with Gasteiger partial charge in [-0.3, -0.25) is 0 Å². The predicted octanol–water partition coefficient (Wildman–Crippen LogP) is 3.96. The number of rotatable bonds is 3. The van der Waals surface area contributed by atoms with E-state index in [1.54, 1.807) is 18.2 Å². The SMILES string of the molecule is FC(F)Oc1ccccc1-c1ccccc1. The first kappa shape index (κ1) is 10.6. The molecule has 2 aromatic rings. The molecule has 0 N–H and O–H groups in total. The lowest BCUT2D eigenvalue weighted by atomic mass is 10.1. The van der Waals surface area contributed by atoms with Crippen molar-refractivity contribution in [1.29, 1.82) is 0 Å². The summed E-state index contributed by atoms with van der Waals surface area (Å²) in [4.78, 5) is 0. The first-order valence-electron chi connectivity index (χ1n) is 4.86. The second-order valence-corrected chi connectivity index (χ2v) is 3.24. The van der Waals surface area contributed by atoms with Crippen LogP contribution in [0.1, 0.15) is 0 Å². The number of hydrogen-bond acceptors (Lipinski definition) is 1. The fourth-order valence-corrected chi connectivity index (χ4v) is 1.52. The van der Waals surface area contributed by atoms with Crippen molar-refractivity contribution < 1.29 is 13.5 Å². The smallest absolute Gasteiger partial charge is 0.387 e. The van der Waals surface area contributed by atoms with Crippen LogP contribution in [0.2, 0.25) is 0 Å². The second kappa shape index (κ2) is 4.75. The predicted molar refractivity (Wildman–Crippen MR) is 58.5 cm³/mol. The first-order valence-corrected chi connectivity index (χ1v) is 4.86. The normalized spacial score (nSPS) is 10.4. The van der Waals surface area contributed by atoms with Gasteiger partial charge >= 0.3 is 6.61 Å². The van der Waals surface area contributed by atoms with Gasteiger partial charge in [-0.05, 0) is 11.6 Å². The Bertz CT molecular complexity index is 454. The van der Waals surface area contributed by atoms with Crippen molar-refractivity contribution in [2.45, 2.75) is 6.61 Å². The van der Waals surface area contributed by atoms with Crippen molar-refractivity contribution in [2.24, 2.45) is 0 Å². The lowest BCUT2D eigenvalue weighted by Crippen LogP contribution is -2.02. The van der Waals surface area contributed by atoms with Crippen LogP contribution in [0.25, 0.3) is 11.1 Å². The Morgan fingerprint density at radius 2 is 1.44 bits per heavy atom. The van der Waals surface area contributed by atoms with Crippen LogP contribution < -0.4 is 4.74 Å². The lowest BCUT2D eigenvalue weighted by molar-refractivity contribution is -0.0494. The summed E-state index contributed by atoms with van der Waals surface area (Å²) in [6.07, 6.45) is 0. The third-order valence-corrected chi connectivity index (χ3v) is 2.19. The fraction of sp³-hybridized carbons (Fsp3) is 0.0769. The Kier molecular flexibility index (Phi) is 3.15. The summed E-state index contributed by atoms with van der Waals surface area (Å²) in [5, 5.41) is 0. The molecule has 0 spiro atoms. The molecule has 0 saturated carbocycles. The lowest BCUT2D eigenvalue weighted by Gasteiger charge is -2.10. The standard InChI is InChI=1S/C13H10F2O/c14-13(15)16-12-9-5-4-8-11(12)10-6-2-1-3-7-10/h1-9,13H. The molecule has 1 nitrogen and oxygen atoms in total. The minimum Gasteiger partial charge on any atom is -0.434 e. The van der Waals surface area contributed by atoms with Crippen LogP contribution in [-0.4, -0.2) is 6.61 Å². The molecule has 0 atom stereocenters. The highest BCUT2D eigenvalue weighted by molar-refractivity contribution is 5.70. The molecule has 0 amide bonds. The van der Waals surface area contributed by atoms with Crippen LogP contribution in [0.3, 0.4) is 0 Å². The van der Waals surface area contributed by atoms with E-state index in [9.17, 15) is 8.78 Å². The number of halogens is 2. The zero-order valence-corrected chi connectivity index (χ0v) is 8.44. The maximum atomic E-state index is 12.2. The summed E-state index contributed by atoms with van der Waals surface area (Å²) in [5.41, 5.74) is 1.53. The van der Waals surface area contributed by atoms with Crippen LogP contribution in [0, 0.1) is 0 Å². The Morgan fingerprint density at radius 1 is 0.812 bits per heavy atom. The van der Waals surface area contributed by atoms with Gasteiger partial charge in [0.15, 0.2) is 0 Å². The molecule has 0 fully saturated rings. The van der Waals surface area contributed by atoms with E-state index in [-0.39, 0.29) is 5.75 Å². The van der Waals surface area contributed by atoms with Crippen LogP contribution in [0.5, 0.6) is 5.75 Å². The molecule has 2 rings (SSSR count).